The quantitative estimate of drug-likeness (QED) is 0.734. The maximum atomic E-state index is 6.01. The van der Waals surface area contributed by atoms with Crippen LogP contribution in [0.4, 0.5) is 0 Å². The highest BCUT2D eigenvalue weighted by molar-refractivity contribution is 7.71. The summed E-state index contributed by atoms with van der Waals surface area (Å²) >= 11 is 11.3. The molecular weight excluding hydrogens is 306 g/mol. The van der Waals surface area contributed by atoms with E-state index in [1.165, 1.54) is 0 Å². The van der Waals surface area contributed by atoms with Crippen molar-refractivity contribution in [1.29, 1.82) is 0 Å². The SMILES string of the molecule is COc1cc(Cl)ccc1-c1n[nH]c(=S)n1-c1ccccc1. The molecule has 0 spiro atoms. The number of nitrogens with zero attached hydrogens (tertiary/aromatic N) is 2. The van der Waals surface area contributed by atoms with Gasteiger partial charge in [0.1, 0.15) is 5.75 Å². The van der Waals surface area contributed by atoms with Crippen LogP contribution in [0.3, 0.4) is 0 Å². The van der Waals surface area contributed by atoms with Crippen molar-refractivity contribution < 1.29 is 4.74 Å². The van der Waals surface area contributed by atoms with Crippen molar-refractivity contribution in [3.8, 4) is 22.8 Å². The number of methoxy groups -OCH3 is 1. The molecular formula is C15H12ClN3OS. The van der Waals surface area contributed by atoms with E-state index in [0.29, 0.717) is 21.4 Å². The second-order valence-electron chi connectivity index (χ2n) is 4.37. The van der Waals surface area contributed by atoms with Gasteiger partial charge >= 0.3 is 0 Å². The lowest BCUT2D eigenvalue weighted by Crippen LogP contribution is -1.99. The third-order valence-electron chi connectivity index (χ3n) is 3.09. The molecule has 1 aromatic heterocycles. The molecule has 0 atom stereocenters. The van der Waals surface area contributed by atoms with Gasteiger partial charge in [0.05, 0.1) is 12.7 Å². The van der Waals surface area contributed by atoms with Crippen LogP contribution in [0, 0.1) is 4.77 Å². The Labute approximate surface area is 132 Å². The van der Waals surface area contributed by atoms with Crippen molar-refractivity contribution in [2.75, 3.05) is 7.11 Å². The summed E-state index contributed by atoms with van der Waals surface area (Å²) in [6.07, 6.45) is 0. The first-order valence-electron chi connectivity index (χ1n) is 6.27. The van der Waals surface area contributed by atoms with Gasteiger partial charge in [0.15, 0.2) is 10.6 Å². The van der Waals surface area contributed by atoms with E-state index in [4.69, 9.17) is 28.6 Å². The zero-order valence-electron chi connectivity index (χ0n) is 11.2. The normalized spacial score (nSPS) is 10.6. The van der Waals surface area contributed by atoms with E-state index >= 15 is 0 Å². The fourth-order valence-corrected chi connectivity index (χ4v) is 2.54. The maximum Gasteiger partial charge on any atom is 0.200 e. The Morgan fingerprint density at radius 1 is 1.19 bits per heavy atom. The molecule has 0 saturated heterocycles. The Morgan fingerprint density at radius 3 is 2.67 bits per heavy atom. The summed E-state index contributed by atoms with van der Waals surface area (Å²) in [5, 5.41) is 7.76. The van der Waals surface area contributed by atoms with Crippen molar-refractivity contribution in [1.82, 2.24) is 14.8 Å². The molecule has 0 radical (unpaired) electrons. The molecule has 3 rings (SSSR count). The third-order valence-corrected chi connectivity index (χ3v) is 3.60. The van der Waals surface area contributed by atoms with Crippen LogP contribution in [0.15, 0.2) is 48.5 Å². The molecule has 0 aliphatic heterocycles. The van der Waals surface area contributed by atoms with Crippen LogP contribution in [0.1, 0.15) is 0 Å². The zero-order chi connectivity index (χ0) is 14.8. The van der Waals surface area contributed by atoms with Crippen LogP contribution < -0.4 is 4.74 Å². The Bertz CT molecular complexity index is 826. The topological polar surface area (TPSA) is 42.8 Å². The summed E-state index contributed by atoms with van der Waals surface area (Å²) in [6, 6.07) is 15.2. The van der Waals surface area contributed by atoms with Gasteiger partial charge in [0.2, 0.25) is 0 Å². The van der Waals surface area contributed by atoms with E-state index in [2.05, 4.69) is 10.2 Å². The molecule has 2 aromatic carbocycles. The van der Waals surface area contributed by atoms with Gasteiger partial charge in [0.25, 0.3) is 0 Å². The standard InChI is InChI=1S/C15H12ClN3OS/c1-20-13-9-10(16)7-8-12(13)14-17-18-15(21)19(14)11-5-3-2-4-6-11/h2-9H,1H3,(H,18,21). The Balaban J connectivity index is 2.24. The summed E-state index contributed by atoms with van der Waals surface area (Å²) in [5.41, 5.74) is 1.75. The van der Waals surface area contributed by atoms with Crippen LogP contribution >= 0.6 is 23.8 Å². The molecule has 0 saturated carbocycles. The first kappa shape index (κ1) is 13.9. The van der Waals surface area contributed by atoms with Crippen molar-refractivity contribution in [2.24, 2.45) is 0 Å². The number of rotatable bonds is 3. The van der Waals surface area contributed by atoms with Crippen LogP contribution in [0.5, 0.6) is 5.75 Å². The van der Waals surface area contributed by atoms with Gasteiger partial charge in [-0.2, -0.15) is 5.10 Å². The third kappa shape index (κ3) is 2.57. The summed E-state index contributed by atoms with van der Waals surface area (Å²) in [4.78, 5) is 0. The number of halogens is 1. The average Bonchev–Trinajstić information content (AvgIpc) is 2.89. The van der Waals surface area contributed by atoms with Gasteiger partial charge in [-0.25, -0.2) is 0 Å². The molecule has 0 unspecified atom stereocenters. The monoisotopic (exact) mass is 317 g/mol. The highest BCUT2D eigenvalue weighted by Gasteiger charge is 2.15. The lowest BCUT2D eigenvalue weighted by atomic mass is 10.2. The number of ether oxygens (including phenoxy) is 1. The van der Waals surface area contributed by atoms with E-state index in [1.54, 1.807) is 19.2 Å². The first-order chi connectivity index (χ1) is 10.2. The van der Waals surface area contributed by atoms with Crippen molar-refractivity contribution >= 4 is 23.8 Å². The smallest absolute Gasteiger partial charge is 0.200 e. The van der Waals surface area contributed by atoms with Crippen LogP contribution in [0.25, 0.3) is 17.1 Å². The Hall–Kier alpha value is -2.11. The average molecular weight is 318 g/mol. The van der Waals surface area contributed by atoms with Gasteiger partial charge < -0.3 is 4.74 Å². The number of hydrogen-bond donors (Lipinski definition) is 1. The summed E-state index contributed by atoms with van der Waals surface area (Å²) < 4.78 is 7.78. The minimum atomic E-state index is 0.521. The molecule has 0 aliphatic rings. The van der Waals surface area contributed by atoms with Gasteiger partial charge in [-0.05, 0) is 42.5 Å². The summed E-state index contributed by atoms with van der Waals surface area (Å²) in [5.74, 6) is 1.33. The minimum absolute atomic E-state index is 0.521. The van der Waals surface area contributed by atoms with Crippen molar-refractivity contribution in [3.05, 3.63) is 58.3 Å². The number of H-pyrrole nitrogens is 1. The molecule has 4 nitrogen and oxygen atoms in total. The molecule has 0 amide bonds. The van der Waals surface area contributed by atoms with Gasteiger partial charge in [0, 0.05) is 10.7 Å². The minimum Gasteiger partial charge on any atom is -0.496 e. The summed E-state index contributed by atoms with van der Waals surface area (Å²) in [6.45, 7) is 0. The number of hydrogen-bond acceptors (Lipinski definition) is 3. The molecule has 106 valence electrons. The van der Waals surface area contributed by atoms with Gasteiger partial charge in [-0.3, -0.25) is 9.67 Å². The van der Waals surface area contributed by atoms with E-state index in [9.17, 15) is 0 Å². The van der Waals surface area contributed by atoms with Crippen LogP contribution in [0.2, 0.25) is 5.02 Å². The fraction of sp³-hybridized carbons (Fsp3) is 0.0667. The second-order valence-corrected chi connectivity index (χ2v) is 5.19. The van der Waals surface area contributed by atoms with E-state index in [-0.39, 0.29) is 0 Å². The Kier molecular flexibility index (Phi) is 3.77. The fourth-order valence-electron chi connectivity index (χ4n) is 2.14. The lowest BCUT2D eigenvalue weighted by Gasteiger charge is -2.10. The molecule has 0 bridgehead atoms. The zero-order valence-corrected chi connectivity index (χ0v) is 12.8. The largest absolute Gasteiger partial charge is 0.496 e. The predicted molar refractivity (Wildman–Crippen MR) is 85.7 cm³/mol. The number of aromatic amines is 1. The first-order valence-corrected chi connectivity index (χ1v) is 7.06. The van der Waals surface area contributed by atoms with Crippen LogP contribution in [-0.4, -0.2) is 21.9 Å². The predicted octanol–water partition coefficient (Wildman–Crippen LogP) is 4.26. The van der Waals surface area contributed by atoms with Crippen LogP contribution in [-0.2, 0) is 0 Å². The molecule has 0 fully saturated rings. The van der Waals surface area contributed by atoms with Crippen molar-refractivity contribution in [2.45, 2.75) is 0 Å². The highest BCUT2D eigenvalue weighted by atomic mass is 35.5. The van der Waals surface area contributed by atoms with E-state index < -0.39 is 0 Å². The summed E-state index contributed by atoms with van der Waals surface area (Å²) in [7, 11) is 1.60. The lowest BCUT2D eigenvalue weighted by molar-refractivity contribution is 0.416. The van der Waals surface area contributed by atoms with E-state index in [0.717, 1.165) is 11.3 Å². The molecule has 3 aromatic rings. The number of nitrogens with one attached hydrogen (secondary N) is 1. The van der Waals surface area contributed by atoms with Gasteiger partial charge in [-0.1, -0.05) is 29.8 Å². The molecule has 1 heterocycles. The van der Waals surface area contributed by atoms with Crippen molar-refractivity contribution in [3.63, 3.8) is 0 Å². The Morgan fingerprint density at radius 2 is 1.95 bits per heavy atom. The second kappa shape index (κ2) is 5.71. The maximum absolute atomic E-state index is 6.01. The molecule has 0 aliphatic carbocycles. The molecule has 21 heavy (non-hydrogen) atoms. The van der Waals surface area contributed by atoms with E-state index in [1.807, 2.05) is 41.0 Å². The number of para-hydroxylation sites is 1. The highest BCUT2D eigenvalue weighted by Crippen LogP contribution is 2.32. The molecule has 6 heteroatoms. The van der Waals surface area contributed by atoms with Gasteiger partial charge in [-0.15, -0.1) is 0 Å². The number of aromatic nitrogens is 3. The number of benzene rings is 2. The molecule has 1 N–H and O–H groups in total.